The number of amides is 1. The average Bonchev–Trinajstić information content (AvgIpc) is 3.10. The Morgan fingerprint density at radius 3 is 2.54 bits per heavy atom. The number of hydrogen-bond acceptors (Lipinski definition) is 5. The first-order valence-electron chi connectivity index (χ1n) is 9.48. The third-order valence-corrected chi connectivity index (χ3v) is 6.00. The molecule has 0 bridgehead atoms. The maximum atomic E-state index is 12.9. The Balaban J connectivity index is 0.00000280. The van der Waals surface area contributed by atoms with E-state index in [1.54, 1.807) is 18.4 Å². The smallest absolute Gasteiger partial charge is 0.263 e. The van der Waals surface area contributed by atoms with E-state index in [9.17, 15) is 4.79 Å². The van der Waals surface area contributed by atoms with E-state index in [1.165, 1.54) is 0 Å². The SMILES string of the molecule is COc1ccc(-c2cc(C(=O)N3CCC(OCCCN)CC3)sc2C)cc1.Cl. The number of carbonyl (C=O) groups excluding carboxylic acids is 1. The lowest BCUT2D eigenvalue weighted by atomic mass is 10.1. The lowest BCUT2D eigenvalue weighted by Gasteiger charge is -2.31. The predicted octanol–water partition coefficient (Wildman–Crippen LogP) is 4.12. The van der Waals surface area contributed by atoms with E-state index in [1.807, 2.05) is 35.2 Å². The number of rotatable bonds is 7. The van der Waals surface area contributed by atoms with Gasteiger partial charge in [-0.25, -0.2) is 0 Å². The molecule has 1 amide bonds. The Morgan fingerprint density at radius 1 is 1.25 bits per heavy atom. The second kappa shape index (κ2) is 10.8. The monoisotopic (exact) mass is 424 g/mol. The molecule has 0 unspecified atom stereocenters. The van der Waals surface area contributed by atoms with Crippen molar-refractivity contribution >= 4 is 29.7 Å². The number of nitrogens with two attached hydrogens (primary N) is 1. The predicted molar refractivity (Wildman–Crippen MR) is 117 cm³/mol. The Labute approximate surface area is 177 Å². The van der Waals surface area contributed by atoms with E-state index in [0.717, 1.165) is 59.0 Å². The molecule has 0 spiro atoms. The highest BCUT2D eigenvalue weighted by atomic mass is 35.5. The minimum atomic E-state index is 0. The summed E-state index contributed by atoms with van der Waals surface area (Å²) in [5, 5.41) is 0. The van der Waals surface area contributed by atoms with Gasteiger partial charge >= 0.3 is 0 Å². The van der Waals surface area contributed by atoms with Crippen LogP contribution in [0.3, 0.4) is 0 Å². The number of benzene rings is 1. The van der Waals surface area contributed by atoms with Crippen molar-refractivity contribution in [2.24, 2.45) is 5.73 Å². The summed E-state index contributed by atoms with van der Waals surface area (Å²) in [6.07, 6.45) is 2.93. The van der Waals surface area contributed by atoms with E-state index in [2.05, 4.69) is 6.92 Å². The lowest BCUT2D eigenvalue weighted by Crippen LogP contribution is -2.40. The van der Waals surface area contributed by atoms with E-state index >= 15 is 0 Å². The molecule has 0 atom stereocenters. The van der Waals surface area contributed by atoms with E-state index in [0.29, 0.717) is 13.2 Å². The van der Waals surface area contributed by atoms with Crippen molar-refractivity contribution in [1.29, 1.82) is 0 Å². The number of likely N-dealkylation sites (tertiary alicyclic amines) is 1. The van der Waals surface area contributed by atoms with Crippen LogP contribution in [0.25, 0.3) is 11.1 Å². The Bertz CT molecular complexity index is 756. The quantitative estimate of drug-likeness (QED) is 0.679. The number of methoxy groups -OCH3 is 1. The summed E-state index contributed by atoms with van der Waals surface area (Å²) in [6, 6.07) is 9.99. The van der Waals surface area contributed by atoms with Crippen LogP contribution in [0.5, 0.6) is 5.75 Å². The maximum absolute atomic E-state index is 12.9. The summed E-state index contributed by atoms with van der Waals surface area (Å²) in [7, 11) is 1.66. The molecular formula is C21H29ClN2O3S. The van der Waals surface area contributed by atoms with Crippen molar-refractivity contribution < 1.29 is 14.3 Å². The summed E-state index contributed by atoms with van der Waals surface area (Å²) >= 11 is 1.57. The number of nitrogens with zero attached hydrogens (tertiary/aromatic N) is 1. The molecule has 1 aromatic carbocycles. The van der Waals surface area contributed by atoms with Gasteiger partial charge in [-0.15, -0.1) is 23.7 Å². The maximum Gasteiger partial charge on any atom is 0.263 e. The summed E-state index contributed by atoms with van der Waals surface area (Å²) < 4.78 is 11.1. The minimum Gasteiger partial charge on any atom is -0.497 e. The fourth-order valence-electron chi connectivity index (χ4n) is 3.36. The van der Waals surface area contributed by atoms with Gasteiger partial charge in [0, 0.05) is 24.6 Å². The van der Waals surface area contributed by atoms with Gasteiger partial charge in [-0.1, -0.05) is 12.1 Å². The molecule has 28 heavy (non-hydrogen) atoms. The second-order valence-electron chi connectivity index (χ2n) is 6.81. The van der Waals surface area contributed by atoms with E-state index in [-0.39, 0.29) is 24.4 Å². The number of halogens is 1. The topological polar surface area (TPSA) is 64.8 Å². The molecule has 2 aromatic rings. The molecule has 7 heteroatoms. The summed E-state index contributed by atoms with van der Waals surface area (Å²) in [5.74, 6) is 0.961. The fraction of sp³-hybridized carbons (Fsp3) is 0.476. The van der Waals surface area contributed by atoms with Gasteiger partial charge in [0.15, 0.2) is 0 Å². The van der Waals surface area contributed by atoms with Gasteiger partial charge in [0.05, 0.1) is 18.1 Å². The van der Waals surface area contributed by atoms with E-state index in [4.69, 9.17) is 15.2 Å². The van der Waals surface area contributed by atoms with Gasteiger partial charge in [0.2, 0.25) is 0 Å². The first-order valence-corrected chi connectivity index (χ1v) is 10.3. The molecule has 1 saturated heterocycles. The van der Waals surface area contributed by atoms with Crippen molar-refractivity contribution in [1.82, 2.24) is 4.90 Å². The van der Waals surface area contributed by atoms with Crippen molar-refractivity contribution in [2.45, 2.75) is 32.3 Å². The number of hydrogen-bond donors (Lipinski definition) is 1. The van der Waals surface area contributed by atoms with Crippen molar-refractivity contribution in [3.8, 4) is 16.9 Å². The molecule has 0 radical (unpaired) electrons. The number of piperidine rings is 1. The zero-order valence-corrected chi connectivity index (χ0v) is 18.1. The van der Waals surface area contributed by atoms with Gasteiger partial charge in [0.25, 0.3) is 5.91 Å². The van der Waals surface area contributed by atoms with Crippen molar-refractivity contribution in [3.05, 3.63) is 40.1 Å². The summed E-state index contributed by atoms with van der Waals surface area (Å²) in [5.41, 5.74) is 7.73. The first-order chi connectivity index (χ1) is 13.1. The van der Waals surface area contributed by atoms with Gasteiger partial charge in [0.1, 0.15) is 5.75 Å². The highest BCUT2D eigenvalue weighted by molar-refractivity contribution is 7.14. The molecule has 3 rings (SSSR count). The number of ether oxygens (including phenoxy) is 2. The third-order valence-electron chi connectivity index (χ3n) is 4.96. The fourth-order valence-corrected chi connectivity index (χ4v) is 4.37. The van der Waals surface area contributed by atoms with E-state index < -0.39 is 0 Å². The van der Waals surface area contributed by atoms with Crippen LogP contribution in [-0.4, -0.2) is 50.3 Å². The molecule has 1 aliphatic heterocycles. The standard InChI is InChI=1S/C21H28N2O3S.ClH/c1-15-19(16-4-6-17(25-2)7-5-16)14-20(27-15)21(24)23-11-8-18(9-12-23)26-13-3-10-22;/h4-7,14,18H,3,8-13,22H2,1-2H3;1H. The van der Waals surface area contributed by atoms with Crippen LogP contribution in [0.15, 0.2) is 30.3 Å². The highest BCUT2D eigenvalue weighted by Crippen LogP contribution is 2.33. The summed E-state index contributed by atoms with van der Waals surface area (Å²) in [4.78, 5) is 16.8. The molecule has 1 fully saturated rings. The summed E-state index contributed by atoms with van der Waals surface area (Å²) in [6.45, 7) is 4.94. The van der Waals surface area contributed by atoms with Crippen LogP contribution in [0, 0.1) is 6.92 Å². The Morgan fingerprint density at radius 2 is 1.93 bits per heavy atom. The van der Waals surface area contributed by atoms with Gasteiger partial charge in [-0.05, 0) is 62.1 Å². The van der Waals surface area contributed by atoms with Crippen LogP contribution in [0.1, 0.15) is 33.8 Å². The molecule has 2 heterocycles. The minimum absolute atomic E-state index is 0. The van der Waals surface area contributed by atoms with Crippen LogP contribution >= 0.6 is 23.7 Å². The van der Waals surface area contributed by atoms with Crippen LogP contribution in [-0.2, 0) is 4.74 Å². The normalized spacial score (nSPS) is 14.6. The molecule has 0 aliphatic carbocycles. The second-order valence-corrected chi connectivity index (χ2v) is 8.07. The van der Waals surface area contributed by atoms with Crippen LogP contribution in [0.2, 0.25) is 0 Å². The zero-order chi connectivity index (χ0) is 19.2. The highest BCUT2D eigenvalue weighted by Gasteiger charge is 2.25. The Hall–Kier alpha value is -1.60. The van der Waals surface area contributed by atoms with Gasteiger partial charge < -0.3 is 20.1 Å². The molecule has 2 N–H and O–H groups in total. The lowest BCUT2D eigenvalue weighted by molar-refractivity contribution is 0.00858. The number of aryl methyl sites for hydroxylation is 1. The zero-order valence-electron chi connectivity index (χ0n) is 16.5. The molecule has 0 saturated carbocycles. The van der Waals surface area contributed by atoms with Gasteiger partial charge in [-0.3, -0.25) is 4.79 Å². The first kappa shape index (κ1) is 22.7. The molecule has 154 valence electrons. The number of thiophene rings is 1. The molecular weight excluding hydrogens is 396 g/mol. The van der Waals surface area contributed by atoms with Crippen LogP contribution in [0.4, 0.5) is 0 Å². The third kappa shape index (κ3) is 5.47. The molecule has 1 aliphatic rings. The van der Waals surface area contributed by atoms with Gasteiger partial charge in [-0.2, -0.15) is 0 Å². The van der Waals surface area contributed by atoms with Crippen molar-refractivity contribution in [2.75, 3.05) is 33.4 Å². The largest absolute Gasteiger partial charge is 0.497 e. The molecule has 5 nitrogen and oxygen atoms in total. The number of carbonyl (C=O) groups is 1. The van der Waals surface area contributed by atoms with Crippen LogP contribution < -0.4 is 10.5 Å². The average molecular weight is 425 g/mol. The van der Waals surface area contributed by atoms with Crippen molar-refractivity contribution in [3.63, 3.8) is 0 Å². The molecule has 1 aromatic heterocycles. The Kier molecular flexibility index (Phi) is 8.76.